The van der Waals surface area contributed by atoms with Crippen molar-refractivity contribution in [2.24, 2.45) is 5.92 Å². The molecule has 1 saturated carbocycles. The summed E-state index contributed by atoms with van der Waals surface area (Å²) in [7, 11) is 0. The molecule has 1 fully saturated rings. The molecule has 1 atom stereocenters. The maximum Gasteiger partial charge on any atom is 0.338 e. The lowest BCUT2D eigenvalue weighted by atomic mass is 9.83. The van der Waals surface area contributed by atoms with Gasteiger partial charge >= 0.3 is 5.97 Å². The largest absolute Gasteiger partial charge is 0.478 e. The van der Waals surface area contributed by atoms with Crippen molar-refractivity contribution >= 4 is 27.5 Å². The first-order valence-corrected chi connectivity index (χ1v) is 8.93. The van der Waals surface area contributed by atoms with Crippen LogP contribution in [0.2, 0.25) is 0 Å². The zero-order chi connectivity index (χ0) is 17.9. The molecule has 0 saturated heterocycles. The van der Waals surface area contributed by atoms with Crippen molar-refractivity contribution in [3.05, 3.63) is 39.7 Å². The van der Waals surface area contributed by atoms with E-state index in [0.717, 1.165) is 25.7 Å². The van der Waals surface area contributed by atoms with Crippen LogP contribution in [0.3, 0.4) is 0 Å². The van der Waals surface area contributed by atoms with Crippen LogP contribution in [0, 0.1) is 11.7 Å². The molecule has 132 valence electrons. The van der Waals surface area contributed by atoms with Gasteiger partial charge in [-0.05, 0) is 57.6 Å². The molecule has 6 heteroatoms. The van der Waals surface area contributed by atoms with Crippen LogP contribution in [0.1, 0.15) is 45.1 Å². The number of carboxylic acid groups (broad SMARTS) is 1. The predicted octanol–water partition coefficient (Wildman–Crippen LogP) is 3.93. The number of aliphatic carboxylic acids is 1. The van der Waals surface area contributed by atoms with Gasteiger partial charge in [-0.1, -0.05) is 22.0 Å². The Balaban J connectivity index is 2.22. The number of nitrogens with one attached hydrogen (secondary N) is 1. The number of aliphatic hydroxyl groups is 1. The van der Waals surface area contributed by atoms with E-state index in [1.807, 2.05) is 6.92 Å². The number of halogens is 2. The van der Waals surface area contributed by atoms with E-state index in [1.54, 1.807) is 6.92 Å². The number of carboxylic acids is 1. The van der Waals surface area contributed by atoms with Crippen LogP contribution in [-0.2, 0) is 4.79 Å². The smallest absolute Gasteiger partial charge is 0.338 e. The minimum Gasteiger partial charge on any atom is -0.478 e. The number of hydrogen-bond acceptors (Lipinski definition) is 3. The van der Waals surface area contributed by atoms with Crippen LogP contribution >= 0.6 is 15.9 Å². The summed E-state index contributed by atoms with van der Waals surface area (Å²) in [6.07, 6.45) is 3.20. The van der Waals surface area contributed by atoms with Gasteiger partial charge in [-0.25, -0.2) is 9.18 Å². The summed E-state index contributed by atoms with van der Waals surface area (Å²) in [6, 6.07) is 4.08. The van der Waals surface area contributed by atoms with Crippen LogP contribution in [0.15, 0.2) is 28.4 Å². The molecular formula is C18H23BrFNO3. The van der Waals surface area contributed by atoms with Gasteiger partial charge in [-0.3, -0.25) is 0 Å². The molecule has 24 heavy (non-hydrogen) atoms. The Morgan fingerprint density at radius 3 is 2.50 bits per heavy atom. The summed E-state index contributed by atoms with van der Waals surface area (Å²) < 4.78 is 13.7. The van der Waals surface area contributed by atoms with Gasteiger partial charge in [0.2, 0.25) is 0 Å². The van der Waals surface area contributed by atoms with Crippen LogP contribution in [0.5, 0.6) is 0 Å². The van der Waals surface area contributed by atoms with Gasteiger partial charge in [-0.15, -0.1) is 0 Å². The Morgan fingerprint density at radius 1 is 1.33 bits per heavy atom. The lowest BCUT2D eigenvalue weighted by Gasteiger charge is -2.31. The number of hydrogen-bond donors (Lipinski definition) is 3. The lowest BCUT2D eigenvalue weighted by molar-refractivity contribution is -0.130. The molecule has 0 unspecified atom stereocenters. The predicted molar refractivity (Wildman–Crippen MR) is 94.9 cm³/mol. The Bertz CT molecular complexity index is 639. The number of aliphatic hydroxyl groups excluding tert-OH is 1. The Labute approximate surface area is 149 Å². The van der Waals surface area contributed by atoms with E-state index in [9.17, 15) is 19.4 Å². The second-order valence-electron chi connectivity index (χ2n) is 6.43. The normalized spacial score (nSPS) is 23.4. The third-order valence-corrected chi connectivity index (χ3v) is 5.34. The van der Waals surface area contributed by atoms with Gasteiger partial charge in [0.15, 0.2) is 0 Å². The van der Waals surface area contributed by atoms with E-state index in [4.69, 9.17) is 0 Å². The molecule has 0 radical (unpaired) electrons. The standard InChI is InChI=1S/C18H23BrFNO3/c1-10(12-3-6-14(22)7-4-12)21-11(2)17(18(23)24)15-8-5-13(20)9-16(15)19/h5,8-10,12,14,21-22H,3-4,6-7H2,1-2H3,(H,23,24)/b17-11-/t10-,12?,14?/m1/s1. The van der Waals surface area contributed by atoms with Crippen LogP contribution in [0.4, 0.5) is 4.39 Å². The molecular weight excluding hydrogens is 377 g/mol. The Hall–Kier alpha value is -1.40. The maximum absolute atomic E-state index is 13.3. The van der Waals surface area contributed by atoms with Gasteiger partial charge in [0.1, 0.15) is 5.82 Å². The van der Waals surface area contributed by atoms with E-state index in [-0.39, 0.29) is 17.7 Å². The van der Waals surface area contributed by atoms with Crippen molar-refractivity contribution in [3.63, 3.8) is 0 Å². The van der Waals surface area contributed by atoms with Gasteiger partial charge in [0.25, 0.3) is 0 Å². The molecule has 0 aliphatic heterocycles. The molecule has 0 aromatic heterocycles. The van der Waals surface area contributed by atoms with Crippen LogP contribution in [0.25, 0.3) is 5.57 Å². The van der Waals surface area contributed by atoms with Gasteiger partial charge in [-0.2, -0.15) is 0 Å². The first kappa shape index (κ1) is 18.9. The number of allylic oxidation sites excluding steroid dienone is 1. The number of benzene rings is 1. The van der Waals surface area contributed by atoms with Crippen molar-refractivity contribution in [2.75, 3.05) is 0 Å². The summed E-state index contributed by atoms with van der Waals surface area (Å²) in [6.45, 7) is 3.76. The second-order valence-corrected chi connectivity index (χ2v) is 7.29. The van der Waals surface area contributed by atoms with Crippen molar-refractivity contribution in [1.29, 1.82) is 0 Å². The lowest BCUT2D eigenvalue weighted by Crippen LogP contribution is -2.36. The average Bonchev–Trinajstić information content (AvgIpc) is 2.50. The molecule has 3 N–H and O–H groups in total. The minimum absolute atomic E-state index is 0.103. The zero-order valence-corrected chi connectivity index (χ0v) is 15.4. The van der Waals surface area contributed by atoms with Crippen molar-refractivity contribution < 1.29 is 19.4 Å². The molecule has 0 spiro atoms. The van der Waals surface area contributed by atoms with E-state index < -0.39 is 11.8 Å². The molecule has 2 rings (SSSR count). The van der Waals surface area contributed by atoms with Crippen LogP contribution < -0.4 is 5.32 Å². The highest BCUT2D eigenvalue weighted by Crippen LogP contribution is 2.30. The first-order chi connectivity index (χ1) is 11.3. The number of rotatable bonds is 5. The fourth-order valence-corrected chi connectivity index (χ4v) is 3.85. The second kappa shape index (κ2) is 8.12. The van der Waals surface area contributed by atoms with Crippen molar-refractivity contribution in [3.8, 4) is 0 Å². The highest BCUT2D eigenvalue weighted by molar-refractivity contribution is 9.10. The molecule has 1 aliphatic rings. The topological polar surface area (TPSA) is 69.6 Å². The Morgan fingerprint density at radius 2 is 1.96 bits per heavy atom. The maximum atomic E-state index is 13.3. The van der Waals surface area contributed by atoms with Gasteiger partial charge in [0.05, 0.1) is 11.7 Å². The molecule has 0 bridgehead atoms. The van der Waals surface area contributed by atoms with Gasteiger partial charge < -0.3 is 15.5 Å². The molecule has 0 amide bonds. The summed E-state index contributed by atoms with van der Waals surface area (Å²) in [5.74, 6) is -1.08. The monoisotopic (exact) mass is 399 g/mol. The average molecular weight is 400 g/mol. The molecule has 1 aliphatic carbocycles. The zero-order valence-electron chi connectivity index (χ0n) is 13.9. The summed E-state index contributed by atoms with van der Waals surface area (Å²) in [4.78, 5) is 11.7. The summed E-state index contributed by atoms with van der Waals surface area (Å²) in [5, 5.41) is 22.5. The summed E-state index contributed by atoms with van der Waals surface area (Å²) in [5.41, 5.74) is 1.12. The molecule has 1 aromatic carbocycles. The molecule has 4 nitrogen and oxygen atoms in total. The van der Waals surface area contributed by atoms with Crippen LogP contribution in [-0.4, -0.2) is 28.3 Å². The fraction of sp³-hybridized carbons (Fsp3) is 0.500. The van der Waals surface area contributed by atoms with Gasteiger partial charge in [0, 0.05) is 21.8 Å². The first-order valence-electron chi connectivity index (χ1n) is 8.13. The molecule has 1 aromatic rings. The molecule has 0 heterocycles. The number of carbonyl (C=O) groups is 1. The van der Waals surface area contributed by atoms with E-state index >= 15 is 0 Å². The third kappa shape index (κ3) is 4.57. The summed E-state index contributed by atoms with van der Waals surface area (Å²) >= 11 is 3.24. The third-order valence-electron chi connectivity index (χ3n) is 4.68. The van der Waals surface area contributed by atoms with Crippen molar-refractivity contribution in [1.82, 2.24) is 5.32 Å². The quantitative estimate of drug-likeness (QED) is 0.655. The van der Waals surface area contributed by atoms with E-state index in [0.29, 0.717) is 21.7 Å². The van der Waals surface area contributed by atoms with E-state index in [1.165, 1.54) is 18.2 Å². The highest BCUT2D eigenvalue weighted by atomic mass is 79.9. The Kier molecular flexibility index (Phi) is 6.40. The van der Waals surface area contributed by atoms with Crippen molar-refractivity contribution in [2.45, 2.75) is 51.7 Å². The SMILES string of the molecule is C/C(N[C@H](C)C1CCC(O)CC1)=C(/C(=O)O)c1ccc(F)cc1Br. The minimum atomic E-state index is -1.06. The fourth-order valence-electron chi connectivity index (χ4n) is 3.30. The highest BCUT2D eigenvalue weighted by Gasteiger charge is 2.25. The van der Waals surface area contributed by atoms with E-state index in [2.05, 4.69) is 21.2 Å².